The summed E-state index contributed by atoms with van der Waals surface area (Å²) in [4.78, 5) is 19.5. The van der Waals surface area contributed by atoms with E-state index in [-0.39, 0.29) is 24.0 Å². The predicted molar refractivity (Wildman–Crippen MR) is 106 cm³/mol. The molecule has 0 unspecified atom stereocenters. The van der Waals surface area contributed by atoms with Gasteiger partial charge in [-0.3, -0.25) is 4.98 Å². The number of thioether (sulfide) groups is 1. The van der Waals surface area contributed by atoms with E-state index < -0.39 is 11.8 Å². The van der Waals surface area contributed by atoms with Crippen molar-refractivity contribution in [3.05, 3.63) is 88.7 Å². The molecular weight excluding hydrogens is 403 g/mol. The monoisotopic (exact) mass is 418 g/mol. The van der Waals surface area contributed by atoms with Gasteiger partial charge < -0.3 is 9.47 Å². The number of aromatic nitrogens is 2. The van der Waals surface area contributed by atoms with E-state index in [0.29, 0.717) is 16.3 Å². The van der Waals surface area contributed by atoms with Crippen LogP contribution >= 0.6 is 23.4 Å². The second-order valence-electron chi connectivity index (χ2n) is 5.60. The molecule has 0 aliphatic carbocycles. The van der Waals surface area contributed by atoms with Gasteiger partial charge in [-0.05, 0) is 17.7 Å². The second kappa shape index (κ2) is 10.1. The number of carbonyl (C=O) groups excluding carboxylic acids is 1. The molecule has 1 heterocycles. The van der Waals surface area contributed by atoms with Gasteiger partial charge in [-0.1, -0.05) is 41.9 Å². The first kappa shape index (κ1) is 20.1. The number of esters is 1. The first-order valence-electron chi connectivity index (χ1n) is 8.29. The van der Waals surface area contributed by atoms with Gasteiger partial charge in [-0.15, -0.1) is 11.8 Å². The molecule has 28 heavy (non-hydrogen) atoms. The number of halogens is 2. The van der Waals surface area contributed by atoms with Crippen LogP contribution in [0.2, 0.25) is 5.02 Å². The summed E-state index contributed by atoms with van der Waals surface area (Å²) < 4.78 is 25.2. The summed E-state index contributed by atoms with van der Waals surface area (Å²) in [5.74, 6) is -0.477. The minimum absolute atomic E-state index is 0.0273. The smallest absolute Gasteiger partial charge is 0.359 e. The lowest BCUT2D eigenvalue weighted by molar-refractivity contribution is 0.0572. The van der Waals surface area contributed by atoms with Crippen molar-refractivity contribution >= 4 is 29.3 Å². The molecule has 0 saturated heterocycles. The third-order valence-corrected chi connectivity index (χ3v) is 4.75. The maximum atomic E-state index is 14.3. The van der Waals surface area contributed by atoms with Crippen molar-refractivity contribution in [3.8, 4) is 5.75 Å². The molecule has 0 aliphatic heterocycles. The van der Waals surface area contributed by atoms with Crippen LogP contribution in [0.1, 0.15) is 21.6 Å². The molecule has 0 radical (unpaired) electrons. The fourth-order valence-corrected chi connectivity index (χ4v) is 3.29. The van der Waals surface area contributed by atoms with Crippen LogP contribution in [0.5, 0.6) is 5.75 Å². The van der Waals surface area contributed by atoms with Crippen LogP contribution in [0.25, 0.3) is 0 Å². The minimum Gasteiger partial charge on any atom is -0.487 e. The lowest BCUT2D eigenvalue weighted by atomic mass is 10.2. The summed E-state index contributed by atoms with van der Waals surface area (Å²) in [6.45, 7) is 0.267. The quantitative estimate of drug-likeness (QED) is 0.294. The third kappa shape index (κ3) is 5.43. The van der Waals surface area contributed by atoms with Crippen LogP contribution in [0.4, 0.5) is 4.39 Å². The number of ether oxygens (including phenoxy) is 2. The van der Waals surface area contributed by atoms with Gasteiger partial charge in [0.15, 0.2) is 5.69 Å². The van der Waals surface area contributed by atoms with Crippen LogP contribution < -0.4 is 4.74 Å². The molecule has 0 atom stereocenters. The Morgan fingerprint density at radius 1 is 1.14 bits per heavy atom. The molecule has 1 aromatic heterocycles. The lowest BCUT2D eigenvalue weighted by Gasteiger charge is -2.14. The van der Waals surface area contributed by atoms with Crippen LogP contribution in [-0.2, 0) is 17.1 Å². The van der Waals surface area contributed by atoms with Crippen LogP contribution in [-0.4, -0.2) is 21.9 Å². The number of nitrogens with zero attached hydrogens (tertiary/aromatic N) is 2. The van der Waals surface area contributed by atoms with Crippen molar-refractivity contribution < 1.29 is 18.7 Å². The molecule has 144 valence electrons. The van der Waals surface area contributed by atoms with E-state index in [0.717, 1.165) is 5.56 Å². The zero-order valence-corrected chi connectivity index (χ0v) is 16.3. The van der Waals surface area contributed by atoms with Gasteiger partial charge >= 0.3 is 5.97 Å². The van der Waals surface area contributed by atoms with Gasteiger partial charge in [0.25, 0.3) is 0 Å². The highest BCUT2D eigenvalue weighted by molar-refractivity contribution is 7.98. The first-order chi connectivity index (χ1) is 13.6. The first-order valence-corrected chi connectivity index (χ1v) is 9.83. The van der Waals surface area contributed by atoms with E-state index in [9.17, 15) is 9.18 Å². The van der Waals surface area contributed by atoms with Gasteiger partial charge in [0, 0.05) is 23.7 Å². The van der Waals surface area contributed by atoms with Gasteiger partial charge in [0.05, 0.1) is 11.2 Å². The molecular formula is C20H16ClFN2O3S. The average molecular weight is 419 g/mol. The fourth-order valence-electron chi connectivity index (χ4n) is 2.31. The fraction of sp³-hybridized carbons (Fsp3) is 0.150. The minimum atomic E-state index is -0.590. The van der Waals surface area contributed by atoms with Crippen LogP contribution in [0, 0.1) is 5.82 Å². The Balaban J connectivity index is 1.60. The SMILES string of the molecule is O=C(OCSCc1c(F)ccc(Cl)c1OCc1ccccc1)c1cnccn1. The normalized spacial score (nSPS) is 10.5. The molecule has 0 fully saturated rings. The summed E-state index contributed by atoms with van der Waals surface area (Å²) in [6.07, 6.45) is 4.19. The maximum Gasteiger partial charge on any atom is 0.359 e. The molecule has 0 N–H and O–H groups in total. The second-order valence-corrected chi connectivity index (χ2v) is 6.94. The van der Waals surface area contributed by atoms with Crippen molar-refractivity contribution in [2.45, 2.75) is 12.4 Å². The number of hydrogen-bond acceptors (Lipinski definition) is 6. The van der Waals surface area contributed by atoms with Gasteiger partial charge in [-0.25, -0.2) is 14.2 Å². The summed E-state index contributed by atoms with van der Waals surface area (Å²) in [5.41, 5.74) is 1.38. The van der Waals surface area contributed by atoms with Crippen molar-refractivity contribution in [2.24, 2.45) is 0 Å². The largest absolute Gasteiger partial charge is 0.487 e. The van der Waals surface area contributed by atoms with E-state index in [2.05, 4.69) is 9.97 Å². The highest BCUT2D eigenvalue weighted by Crippen LogP contribution is 2.34. The standard InChI is InChI=1S/C20H16ClFN2O3S/c21-16-6-7-17(22)15(19(16)26-11-14-4-2-1-3-5-14)12-28-13-27-20(25)18-10-23-8-9-24-18/h1-10H,11-13H2. The molecule has 0 bridgehead atoms. The Kier molecular flexibility index (Phi) is 7.22. The Morgan fingerprint density at radius 2 is 1.96 bits per heavy atom. The lowest BCUT2D eigenvalue weighted by Crippen LogP contribution is -2.07. The van der Waals surface area contributed by atoms with Crippen LogP contribution in [0.15, 0.2) is 61.1 Å². The topological polar surface area (TPSA) is 61.3 Å². The van der Waals surface area contributed by atoms with E-state index in [4.69, 9.17) is 21.1 Å². The maximum absolute atomic E-state index is 14.3. The molecule has 5 nitrogen and oxygen atoms in total. The zero-order valence-electron chi connectivity index (χ0n) is 14.7. The van der Waals surface area contributed by atoms with E-state index >= 15 is 0 Å². The summed E-state index contributed by atoms with van der Waals surface area (Å²) >= 11 is 7.43. The van der Waals surface area contributed by atoms with E-state index in [1.165, 1.54) is 42.5 Å². The molecule has 0 saturated carbocycles. The Morgan fingerprint density at radius 3 is 2.71 bits per heavy atom. The van der Waals surface area contributed by atoms with E-state index in [1.54, 1.807) is 0 Å². The summed E-state index contributed by atoms with van der Waals surface area (Å²) in [5, 5.41) is 0.324. The number of carbonyl (C=O) groups is 1. The molecule has 3 aromatic rings. The average Bonchev–Trinajstić information content (AvgIpc) is 2.74. The zero-order chi connectivity index (χ0) is 19.8. The number of benzene rings is 2. The van der Waals surface area contributed by atoms with E-state index in [1.807, 2.05) is 30.3 Å². The molecule has 0 amide bonds. The third-order valence-electron chi connectivity index (χ3n) is 3.67. The van der Waals surface area contributed by atoms with Gasteiger partial charge in [0.2, 0.25) is 0 Å². The Labute approximate surface area is 170 Å². The van der Waals surface area contributed by atoms with Crippen molar-refractivity contribution in [1.29, 1.82) is 0 Å². The Bertz CT molecular complexity index is 929. The molecule has 8 heteroatoms. The molecule has 3 rings (SSSR count). The van der Waals surface area contributed by atoms with Crippen molar-refractivity contribution in [2.75, 3.05) is 5.94 Å². The molecule has 0 spiro atoms. The number of rotatable bonds is 8. The molecule has 2 aromatic carbocycles. The van der Waals surface area contributed by atoms with Crippen LogP contribution in [0.3, 0.4) is 0 Å². The van der Waals surface area contributed by atoms with Crippen molar-refractivity contribution in [1.82, 2.24) is 9.97 Å². The van der Waals surface area contributed by atoms with Gasteiger partial charge in [0.1, 0.15) is 24.1 Å². The molecule has 0 aliphatic rings. The van der Waals surface area contributed by atoms with Gasteiger partial charge in [-0.2, -0.15) is 0 Å². The predicted octanol–water partition coefficient (Wildman–Crippen LogP) is 4.90. The highest BCUT2D eigenvalue weighted by Gasteiger charge is 2.15. The summed E-state index contributed by atoms with van der Waals surface area (Å²) in [7, 11) is 0. The summed E-state index contributed by atoms with van der Waals surface area (Å²) in [6, 6.07) is 12.3. The van der Waals surface area contributed by atoms with Crippen molar-refractivity contribution in [3.63, 3.8) is 0 Å². The Hall–Kier alpha value is -2.64. The highest BCUT2D eigenvalue weighted by atomic mass is 35.5. The number of hydrogen-bond donors (Lipinski definition) is 0.